The third-order valence-corrected chi connectivity index (χ3v) is 4.22. The minimum Gasteiger partial charge on any atom is -0.343 e. The molecule has 1 aromatic rings. The molecule has 5 heteroatoms. The molecule has 0 spiro atoms. The van der Waals surface area contributed by atoms with Gasteiger partial charge < -0.3 is 9.80 Å². The molecule has 1 unspecified atom stereocenters. The minimum absolute atomic E-state index is 0.126. The SMILES string of the molecule is CCN(CC)C(=O)C1CCCN(C(=O)c2ccc(F)cc2)C1. The van der Waals surface area contributed by atoms with Crippen molar-refractivity contribution in [2.24, 2.45) is 5.92 Å². The topological polar surface area (TPSA) is 40.6 Å². The van der Waals surface area contributed by atoms with Gasteiger partial charge in [0, 0.05) is 31.7 Å². The monoisotopic (exact) mass is 306 g/mol. The summed E-state index contributed by atoms with van der Waals surface area (Å²) < 4.78 is 13.0. The number of halogens is 1. The van der Waals surface area contributed by atoms with Crippen molar-refractivity contribution in [3.05, 3.63) is 35.6 Å². The molecule has 1 heterocycles. The summed E-state index contributed by atoms with van der Waals surface area (Å²) in [6.07, 6.45) is 1.65. The minimum atomic E-state index is -0.357. The predicted octanol–water partition coefficient (Wildman–Crippen LogP) is 2.55. The molecule has 1 fully saturated rings. The summed E-state index contributed by atoms with van der Waals surface area (Å²) in [4.78, 5) is 28.4. The molecule has 1 aliphatic rings. The normalized spacial score (nSPS) is 18.1. The van der Waals surface area contributed by atoms with E-state index in [1.807, 2.05) is 18.7 Å². The van der Waals surface area contributed by atoms with Crippen molar-refractivity contribution in [2.45, 2.75) is 26.7 Å². The van der Waals surface area contributed by atoms with Crippen LogP contribution >= 0.6 is 0 Å². The molecular weight excluding hydrogens is 283 g/mol. The van der Waals surface area contributed by atoms with E-state index in [-0.39, 0.29) is 23.5 Å². The largest absolute Gasteiger partial charge is 0.343 e. The second-order valence-electron chi connectivity index (χ2n) is 5.61. The Hall–Kier alpha value is -1.91. The van der Waals surface area contributed by atoms with E-state index in [2.05, 4.69) is 0 Å². The van der Waals surface area contributed by atoms with Gasteiger partial charge in [-0.05, 0) is 51.0 Å². The van der Waals surface area contributed by atoms with Crippen LogP contribution in [0.15, 0.2) is 24.3 Å². The van der Waals surface area contributed by atoms with Gasteiger partial charge >= 0.3 is 0 Å². The van der Waals surface area contributed by atoms with Crippen molar-refractivity contribution in [1.82, 2.24) is 9.80 Å². The molecule has 2 rings (SSSR count). The smallest absolute Gasteiger partial charge is 0.253 e. The number of hydrogen-bond donors (Lipinski definition) is 0. The zero-order valence-electron chi connectivity index (χ0n) is 13.2. The van der Waals surface area contributed by atoms with Gasteiger partial charge in [-0.2, -0.15) is 0 Å². The maximum Gasteiger partial charge on any atom is 0.253 e. The molecule has 1 aliphatic heterocycles. The summed E-state index contributed by atoms with van der Waals surface area (Å²) >= 11 is 0. The first kappa shape index (κ1) is 16.5. The number of piperidine rings is 1. The summed E-state index contributed by atoms with van der Waals surface area (Å²) in [7, 11) is 0. The molecule has 0 saturated carbocycles. The summed E-state index contributed by atoms with van der Waals surface area (Å²) in [6.45, 7) is 6.41. The number of amides is 2. The molecule has 0 aromatic heterocycles. The first-order valence-electron chi connectivity index (χ1n) is 7.90. The highest BCUT2D eigenvalue weighted by molar-refractivity contribution is 5.94. The number of rotatable bonds is 4. The number of hydrogen-bond acceptors (Lipinski definition) is 2. The molecule has 22 heavy (non-hydrogen) atoms. The van der Waals surface area contributed by atoms with Gasteiger partial charge in [-0.1, -0.05) is 0 Å². The van der Waals surface area contributed by atoms with E-state index in [0.29, 0.717) is 31.7 Å². The molecule has 2 amide bonds. The lowest BCUT2D eigenvalue weighted by atomic mass is 9.95. The first-order chi connectivity index (χ1) is 10.6. The van der Waals surface area contributed by atoms with Gasteiger partial charge in [0.25, 0.3) is 5.91 Å². The number of benzene rings is 1. The van der Waals surface area contributed by atoms with Gasteiger partial charge in [0.05, 0.1) is 5.92 Å². The Morgan fingerprint density at radius 3 is 2.45 bits per heavy atom. The summed E-state index contributed by atoms with van der Waals surface area (Å²) in [5.74, 6) is -0.485. The fraction of sp³-hybridized carbons (Fsp3) is 0.529. The van der Waals surface area contributed by atoms with Crippen molar-refractivity contribution in [2.75, 3.05) is 26.2 Å². The van der Waals surface area contributed by atoms with E-state index < -0.39 is 0 Å². The highest BCUT2D eigenvalue weighted by atomic mass is 19.1. The lowest BCUT2D eigenvalue weighted by Crippen LogP contribution is -2.46. The fourth-order valence-corrected chi connectivity index (χ4v) is 2.93. The molecule has 0 N–H and O–H groups in total. The molecule has 0 radical (unpaired) electrons. The lowest BCUT2D eigenvalue weighted by Gasteiger charge is -2.34. The highest BCUT2D eigenvalue weighted by Crippen LogP contribution is 2.21. The number of nitrogens with zero attached hydrogens (tertiary/aromatic N) is 2. The van der Waals surface area contributed by atoms with Crippen LogP contribution in [-0.2, 0) is 4.79 Å². The van der Waals surface area contributed by atoms with Crippen LogP contribution in [0.5, 0.6) is 0 Å². The first-order valence-corrected chi connectivity index (χ1v) is 7.90. The Bertz CT molecular complexity index is 526. The van der Waals surface area contributed by atoms with Crippen LogP contribution in [-0.4, -0.2) is 47.8 Å². The molecule has 1 saturated heterocycles. The van der Waals surface area contributed by atoms with Crippen LogP contribution in [0.25, 0.3) is 0 Å². The Labute approximate surface area is 130 Å². The maximum absolute atomic E-state index is 13.0. The van der Waals surface area contributed by atoms with Crippen LogP contribution in [0.3, 0.4) is 0 Å². The molecule has 1 aromatic carbocycles. The van der Waals surface area contributed by atoms with Crippen molar-refractivity contribution in [1.29, 1.82) is 0 Å². The van der Waals surface area contributed by atoms with E-state index in [0.717, 1.165) is 12.8 Å². The van der Waals surface area contributed by atoms with Crippen molar-refractivity contribution < 1.29 is 14.0 Å². The van der Waals surface area contributed by atoms with Crippen molar-refractivity contribution in [3.8, 4) is 0 Å². The summed E-state index contributed by atoms with van der Waals surface area (Å²) in [5, 5.41) is 0. The Balaban J connectivity index is 2.05. The Morgan fingerprint density at radius 2 is 1.86 bits per heavy atom. The van der Waals surface area contributed by atoms with Crippen molar-refractivity contribution in [3.63, 3.8) is 0 Å². The van der Waals surface area contributed by atoms with E-state index >= 15 is 0 Å². The standard InChI is InChI=1S/C17H23FN2O2/c1-3-19(4-2)17(22)14-6-5-11-20(12-14)16(21)13-7-9-15(18)10-8-13/h7-10,14H,3-6,11-12H2,1-2H3. The van der Waals surface area contributed by atoms with Gasteiger partial charge in [-0.3, -0.25) is 9.59 Å². The Morgan fingerprint density at radius 1 is 1.23 bits per heavy atom. The zero-order chi connectivity index (χ0) is 16.1. The predicted molar refractivity (Wildman–Crippen MR) is 83.0 cm³/mol. The quantitative estimate of drug-likeness (QED) is 0.858. The highest BCUT2D eigenvalue weighted by Gasteiger charge is 2.30. The molecule has 0 bridgehead atoms. The van der Waals surface area contributed by atoms with E-state index in [9.17, 15) is 14.0 Å². The summed E-state index contributed by atoms with van der Waals surface area (Å²) in [5.41, 5.74) is 0.470. The van der Waals surface area contributed by atoms with Gasteiger partial charge in [-0.25, -0.2) is 4.39 Å². The maximum atomic E-state index is 13.0. The molecule has 1 atom stereocenters. The molecular formula is C17H23FN2O2. The average molecular weight is 306 g/mol. The molecule has 4 nitrogen and oxygen atoms in total. The number of carbonyl (C=O) groups is 2. The fourth-order valence-electron chi connectivity index (χ4n) is 2.93. The lowest BCUT2D eigenvalue weighted by molar-refractivity contribution is -0.136. The van der Waals surface area contributed by atoms with Gasteiger partial charge in [0.2, 0.25) is 5.91 Å². The van der Waals surface area contributed by atoms with Crippen LogP contribution in [0.1, 0.15) is 37.0 Å². The van der Waals surface area contributed by atoms with Gasteiger partial charge in [0.15, 0.2) is 0 Å². The van der Waals surface area contributed by atoms with Crippen molar-refractivity contribution >= 4 is 11.8 Å². The van der Waals surface area contributed by atoms with Crippen LogP contribution in [0.4, 0.5) is 4.39 Å². The number of likely N-dealkylation sites (tertiary alicyclic amines) is 1. The summed E-state index contributed by atoms with van der Waals surface area (Å²) in [6, 6.07) is 5.56. The van der Waals surface area contributed by atoms with Crippen LogP contribution < -0.4 is 0 Å². The van der Waals surface area contributed by atoms with Crippen LogP contribution in [0.2, 0.25) is 0 Å². The zero-order valence-corrected chi connectivity index (χ0v) is 13.2. The third kappa shape index (κ3) is 3.64. The Kier molecular flexibility index (Phi) is 5.52. The van der Waals surface area contributed by atoms with E-state index in [1.165, 1.54) is 24.3 Å². The van der Waals surface area contributed by atoms with E-state index in [4.69, 9.17) is 0 Å². The van der Waals surface area contributed by atoms with Gasteiger partial charge in [0.1, 0.15) is 5.82 Å². The number of carbonyl (C=O) groups excluding carboxylic acids is 2. The third-order valence-electron chi connectivity index (χ3n) is 4.22. The second-order valence-corrected chi connectivity index (χ2v) is 5.61. The average Bonchev–Trinajstić information content (AvgIpc) is 2.56. The second kappa shape index (κ2) is 7.38. The molecule has 120 valence electrons. The van der Waals surface area contributed by atoms with Gasteiger partial charge in [-0.15, -0.1) is 0 Å². The molecule has 0 aliphatic carbocycles. The van der Waals surface area contributed by atoms with E-state index in [1.54, 1.807) is 4.90 Å². The van der Waals surface area contributed by atoms with Crippen LogP contribution in [0, 0.1) is 11.7 Å².